The third kappa shape index (κ3) is 4.27. The number of fused-ring (bicyclic) bond motifs is 1. The first-order valence-electron chi connectivity index (χ1n) is 8.82. The topological polar surface area (TPSA) is 64.1 Å². The molecule has 3 N–H and O–H groups in total. The van der Waals surface area contributed by atoms with E-state index in [-0.39, 0.29) is 23.9 Å². The third-order valence-electron chi connectivity index (χ3n) is 4.37. The molecule has 0 saturated heterocycles. The van der Waals surface area contributed by atoms with Gasteiger partial charge in [0, 0.05) is 30.6 Å². The Morgan fingerprint density at radius 3 is 2.79 bits per heavy atom. The van der Waals surface area contributed by atoms with E-state index in [9.17, 15) is 8.78 Å². The number of nitrogens with one attached hydrogen (secondary N) is 1. The van der Waals surface area contributed by atoms with E-state index in [1.54, 1.807) is 31.2 Å². The van der Waals surface area contributed by atoms with E-state index in [4.69, 9.17) is 21.8 Å². The van der Waals surface area contributed by atoms with Gasteiger partial charge in [-0.15, -0.1) is 5.92 Å². The zero-order chi connectivity index (χ0) is 20.3. The number of aromatic nitrogens is 1. The molecule has 2 aromatic heterocycles. The largest absolute Gasteiger partial charge is 0.456 e. The van der Waals surface area contributed by atoms with Crippen molar-refractivity contribution in [1.29, 1.82) is 0 Å². The normalized spacial score (nSPS) is 13.1. The average molecular weight is 404 g/mol. The van der Waals surface area contributed by atoms with Crippen molar-refractivity contribution in [3.05, 3.63) is 58.2 Å². The molecule has 0 bridgehead atoms. The number of nitrogens with two attached hydrogens (primary N) is 1. The third-order valence-corrected chi connectivity index (χ3v) is 4.56. The van der Waals surface area contributed by atoms with Crippen LogP contribution in [0.1, 0.15) is 30.7 Å². The molecule has 2 atom stereocenters. The number of nitrogens with zero attached hydrogens (tertiary/aromatic N) is 1. The van der Waals surface area contributed by atoms with E-state index >= 15 is 0 Å². The van der Waals surface area contributed by atoms with Gasteiger partial charge >= 0.3 is 0 Å². The predicted octanol–water partition coefficient (Wildman–Crippen LogP) is 4.83. The standard InChI is InChI=1S/C21H20ClF2N3O/c1-3-6-14-18(9-16(25)12(2)23)28-21-17(10-19(22)27-20(14)21)26-11-13-7-4-5-8-15(13)24/h4-5,7-8,10,12,16H,9,11,25H2,1-2H3,(H,26,27)/t12-,16+/m0/s1. The Labute approximate surface area is 167 Å². The van der Waals surface area contributed by atoms with Crippen LogP contribution in [0.15, 0.2) is 34.7 Å². The molecule has 0 radical (unpaired) electrons. The highest BCUT2D eigenvalue weighted by Gasteiger charge is 2.22. The van der Waals surface area contributed by atoms with Crippen molar-refractivity contribution < 1.29 is 13.2 Å². The van der Waals surface area contributed by atoms with Crippen LogP contribution in [0.25, 0.3) is 11.1 Å². The average Bonchev–Trinajstić information content (AvgIpc) is 2.98. The quantitative estimate of drug-likeness (QED) is 0.457. The van der Waals surface area contributed by atoms with Gasteiger partial charge < -0.3 is 15.5 Å². The Bertz CT molecular complexity index is 1050. The molecule has 4 nitrogen and oxygen atoms in total. The number of furan rings is 1. The summed E-state index contributed by atoms with van der Waals surface area (Å²) in [6, 6.07) is 7.33. The fraction of sp³-hybridized carbons (Fsp3) is 0.286. The number of pyridine rings is 1. The minimum absolute atomic E-state index is 0.169. The Kier molecular flexibility index (Phi) is 6.18. The summed E-state index contributed by atoms with van der Waals surface area (Å²) in [5, 5.41) is 3.37. The monoisotopic (exact) mass is 403 g/mol. The molecular formula is C21H20ClF2N3O. The lowest BCUT2D eigenvalue weighted by molar-refractivity contribution is 0.296. The number of rotatable bonds is 6. The first-order chi connectivity index (χ1) is 13.4. The van der Waals surface area contributed by atoms with Crippen LogP contribution in [0.4, 0.5) is 14.5 Å². The molecule has 0 unspecified atom stereocenters. The van der Waals surface area contributed by atoms with E-state index in [0.717, 1.165) is 0 Å². The maximum Gasteiger partial charge on any atom is 0.177 e. The summed E-state index contributed by atoms with van der Waals surface area (Å²) < 4.78 is 33.4. The van der Waals surface area contributed by atoms with E-state index in [2.05, 4.69) is 22.1 Å². The summed E-state index contributed by atoms with van der Waals surface area (Å²) >= 11 is 6.17. The van der Waals surface area contributed by atoms with Gasteiger partial charge in [0.15, 0.2) is 5.58 Å². The van der Waals surface area contributed by atoms with Gasteiger partial charge in [-0.3, -0.25) is 0 Å². The number of halogens is 3. The van der Waals surface area contributed by atoms with E-state index in [0.29, 0.717) is 33.7 Å². The zero-order valence-electron chi connectivity index (χ0n) is 15.5. The Morgan fingerprint density at radius 2 is 2.11 bits per heavy atom. The minimum Gasteiger partial charge on any atom is -0.456 e. The van der Waals surface area contributed by atoms with Crippen LogP contribution in [0.2, 0.25) is 5.15 Å². The maximum atomic E-state index is 13.9. The number of anilines is 1. The first-order valence-corrected chi connectivity index (χ1v) is 9.20. The van der Waals surface area contributed by atoms with E-state index in [1.165, 1.54) is 13.0 Å². The molecule has 0 saturated carbocycles. The maximum absolute atomic E-state index is 13.9. The van der Waals surface area contributed by atoms with Gasteiger partial charge in [0.25, 0.3) is 0 Å². The Morgan fingerprint density at radius 1 is 1.36 bits per heavy atom. The number of benzene rings is 1. The molecular weight excluding hydrogens is 384 g/mol. The molecule has 0 aliphatic heterocycles. The summed E-state index contributed by atoms with van der Waals surface area (Å²) in [6.07, 6.45) is -1.03. The van der Waals surface area contributed by atoms with Crippen LogP contribution in [0.5, 0.6) is 0 Å². The molecule has 3 aromatic rings. The van der Waals surface area contributed by atoms with Crippen LogP contribution in [0.3, 0.4) is 0 Å². The molecule has 7 heteroatoms. The Balaban J connectivity index is 2.03. The lowest BCUT2D eigenvalue weighted by Crippen LogP contribution is -2.31. The van der Waals surface area contributed by atoms with Gasteiger partial charge in [0.2, 0.25) is 0 Å². The second-order valence-corrected chi connectivity index (χ2v) is 6.82. The summed E-state index contributed by atoms with van der Waals surface area (Å²) in [5.74, 6) is 5.90. The van der Waals surface area contributed by atoms with Gasteiger partial charge in [-0.2, -0.15) is 0 Å². The summed E-state index contributed by atoms with van der Waals surface area (Å²) in [4.78, 5) is 4.32. The fourth-order valence-corrected chi connectivity index (χ4v) is 3.01. The molecule has 0 spiro atoms. The van der Waals surface area contributed by atoms with Crippen molar-refractivity contribution in [2.75, 3.05) is 5.32 Å². The van der Waals surface area contributed by atoms with Crippen molar-refractivity contribution >= 4 is 28.4 Å². The van der Waals surface area contributed by atoms with Gasteiger partial charge in [-0.1, -0.05) is 35.7 Å². The highest BCUT2D eigenvalue weighted by molar-refractivity contribution is 6.30. The van der Waals surface area contributed by atoms with Crippen LogP contribution < -0.4 is 11.1 Å². The molecule has 2 heterocycles. The molecule has 0 aliphatic rings. The number of hydrogen-bond donors (Lipinski definition) is 2. The second-order valence-electron chi connectivity index (χ2n) is 6.44. The van der Waals surface area contributed by atoms with Crippen molar-refractivity contribution in [3.8, 4) is 11.8 Å². The second kappa shape index (κ2) is 8.59. The van der Waals surface area contributed by atoms with Crippen LogP contribution in [-0.2, 0) is 13.0 Å². The minimum atomic E-state index is -1.20. The van der Waals surface area contributed by atoms with Crippen molar-refractivity contribution in [2.24, 2.45) is 5.73 Å². The lowest BCUT2D eigenvalue weighted by Gasteiger charge is -2.10. The summed E-state index contributed by atoms with van der Waals surface area (Å²) in [5.41, 5.74) is 8.33. The summed E-state index contributed by atoms with van der Waals surface area (Å²) in [6.45, 7) is 3.31. The molecule has 28 heavy (non-hydrogen) atoms. The van der Waals surface area contributed by atoms with E-state index in [1.807, 2.05) is 0 Å². The first kappa shape index (κ1) is 20.1. The highest BCUT2D eigenvalue weighted by Crippen LogP contribution is 2.33. The number of alkyl halides is 1. The molecule has 3 rings (SSSR count). The van der Waals surface area contributed by atoms with Gasteiger partial charge in [-0.05, 0) is 19.9 Å². The zero-order valence-corrected chi connectivity index (χ0v) is 16.3. The summed E-state index contributed by atoms with van der Waals surface area (Å²) in [7, 11) is 0. The van der Waals surface area contributed by atoms with Gasteiger partial charge in [0.05, 0.1) is 11.3 Å². The van der Waals surface area contributed by atoms with Crippen LogP contribution in [-0.4, -0.2) is 17.2 Å². The van der Waals surface area contributed by atoms with Crippen LogP contribution >= 0.6 is 11.6 Å². The molecule has 0 fully saturated rings. The van der Waals surface area contributed by atoms with Gasteiger partial charge in [-0.25, -0.2) is 13.8 Å². The van der Waals surface area contributed by atoms with E-state index < -0.39 is 12.2 Å². The number of hydrogen-bond acceptors (Lipinski definition) is 4. The highest BCUT2D eigenvalue weighted by atomic mass is 35.5. The van der Waals surface area contributed by atoms with Crippen LogP contribution in [0, 0.1) is 17.7 Å². The molecule has 1 aromatic carbocycles. The molecule has 0 amide bonds. The molecule has 0 aliphatic carbocycles. The van der Waals surface area contributed by atoms with Gasteiger partial charge in [0.1, 0.15) is 28.4 Å². The molecule has 146 valence electrons. The van der Waals surface area contributed by atoms with Crippen molar-refractivity contribution in [3.63, 3.8) is 0 Å². The van der Waals surface area contributed by atoms with Crippen molar-refractivity contribution in [2.45, 2.75) is 39.0 Å². The predicted molar refractivity (Wildman–Crippen MR) is 108 cm³/mol. The smallest absolute Gasteiger partial charge is 0.177 e. The SMILES string of the molecule is CC#Cc1c(C[C@@H](N)[C@H](C)F)oc2c(NCc3ccccc3F)cc(Cl)nc12. The van der Waals surface area contributed by atoms with Crippen molar-refractivity contribution in [1.82, 2.24) is 4.98 Å². The Hall–Kier alpha value is -2.62. The fourth-order valence-electron chi connectivity index (χ4n) is 2.82. The lowest BCUT2D eigenvalue weighted by atomic mass is 10.1.